The molecule has 0 N–H and O–H groups in total. The van der Waals surface area contributed by atoms with Crippen LogP contribution in [0.15, 0.2) is 12.2 Å². The molecule has 0 spiro atoms. The Kier molecular flexibility index (Phi) is 6.31. The van der Waals surface area contributed by atoms with E-state index in [1.807, 2.05) is 0 Å². The molecule has 0 amide bonds. The molecule has 0 heterocycles. The number of hydrogen-bond donors (Lipinski definition) is 0. The van der Waals surface area contributed by atoms with Crippen LogP contribution in [0, 0.1) is 17.8 Å². The quantitative estimate of drug-likeness (QED) is 0.514. The van der Waals surface area contributed by atoms with Crippen molar-refractivity contribution in [3.63, 3.8) is 0 Å². The van der Waals surface area contributed by atoms with E-state index in [0.717, 1.165) is 17.8 Å². The van der Waals surface area contributed by atoms with E-state index in [1.165, 1.54) is 77.0 Å². The average Bonchev–Trinajstić information content (AvgIpc) is 2.46. The maximum atomic E-state index is 2.63. The van der Waals surface area contributed by atoms with Crippen molar-refractivity contribution >= 4 is 0 Å². The van der Waals surface area contributed by atoms with Gasteiger partial charge in [0.25, 0.3) is 0 Å². The molecule has 104 valence electrons. The minimum atomic E-state index is 0.928. The van der Waals surface area contributed by atoms with Gasteiger partial charge in [-0.15, -0.1) is 0 Å². The predicted octanol–water partition coefficient (Wildman–Crippen LogP) is 6.12. The highest BCUT2D eigenvalue weighted by Gasteiger charge is 2.29. The van der Waals surface area contributed by atoms with Crippen LogP contribution in [0.3, 0.4) is 0 Å². The van der Waals surface area contributed by atoms with Crippen LogP contribution in [0.5, 0.6) is 0 Å². The first-order chi connectivity index (χ1) is 8.92. The summed E-state index contributed by atoms with van der Waals surface area (Å²) in [6, 6.07) is 0. The van der Waals surface area contributed by atoms with Gasteiger partial charge in [0.1, 0.15) is 0 Å². The van der Waals surface area contributed by atoms with Gasteiger partial charge in [0.05, 0.1) is 0 Å². The molecule has 0 unspecified atom stereocenters. The van der Waals surface area contributed by atoms with Crippen molar-refractivity contribution in [2.75, 3.05) is 0 Å². The first-order valence-corrected chi connectivity index (χ1v) is 8.58. The lowest BCUT2D eigenvalue weighted by molar-refractivity contribution is 0.181. The molecule has 0 heteroatoms. The van der Waals surface area contributed by atoms with E-state index in [1.54, 1.807) is 0 Å². The summed E-state index contributed by atoms with van der Waals surface area (Å²) in [6.45, 7) is 2.29. The van der Waals surface area contributed by atoms with E-state index < -0.39 is 0 Å². The van der Waals surface area contributed by atoms with Gasteiger partial charge in [-0.05, 0) is 49.9 Å². The van der Waals surface area contributed by atoms with Crippen LogP contribution in [-0.2, 0) is 0 Å². The standard InChI is InChI=1S/C18H32/c1-2-3-6-15-18(16-11-7-4-8-12-16)17-13-9-5-10-14-17/h6,15-18H,2-5,7-14H2,1H3. The molecule has 0 atom stereocenters. The lowest BCUT2D eigenvalue weighted by atomic mass is 9.69. The summed E-state index contributed by atoms with van der Waals surface area (Å²) in [5.74, 6) is 2.97. The molecule has 0 aromatic heterocycles. The Morgan fingerprint density at radius 1 is 0.833 bits per heavy atom. The van der Waals surface area contributed by atoms with E-state index in [4.69, 9.17) is 0 Å². The fourth-order valence-corrected chi connectivity index (χ4v) is 4.16. The highest BCUT2D eigenvalue weighted by Crippen LogP contribution is 2.40. The normalized spacial score (nSPS) is 24.1. The van der Waals surface area contributed by atoms with E-state index >= 15 is 0 Å². The van der Waals surface area contributed by atoms with Crippen LogP contribution in [0.25, 0.3) is 0 Å². The van der Waals surface area contributed by atoms with Crippen LogP contribution in [-0.4, -0.2) is 0 Å². The summed E-state index contributed by atoms with van der Waals surface area (Å²) >= 11 is 0. The molecule has 2 rings (SSSR count). The first kappa shape index (κ1) is 14.2. The predicted molar refractivity (Wildman–Crippen MR) is 80.7 cm³/mol. The minimum absolute atomic E-state index is 0.928. The number of unbranched alkanes of at least 4 members (excludes halogenated alkanes) is 1. The second kappa shape index (κ2) is 8.02. The van der Waals surface area contributed by atoms with Crippen molar-refractivity contribution in [1.82, 2.24) is 0 Å². The third-order valence-electron chi connectivity index (χ3n) is 5.20. The highest BCUT2D eigenvalue weighted by atomic mass is 14.3. The molecule has 2 aliphatic carbocycles. The summed E-state index contributed by atoms with van der Waals surface area (Å²) in [5.41, 5.74) is 0. The van der Waals surface area contributed by atoms with Gasteiger partial charge in [0.15, 0.2) is 0 Å². The molecular weight excluding hydrogens is 216 g/mol. The van der Waals surface area contributed by atoms with Crippen molar-refractivity contribution in [3.05, 3.63) is 12.2 Å². The van der Waals surface area contributed by atoms with Gasteiger partial charge in [0, 0.05) is 0 Å². The molecular formula is C18H32. The molecule has 2 saturated carbocycles. The number of rotatable bonds is 5. The van der Waals surface area contributed by atoms with Gasteiger partial charge in [-0.2, -0.15) is 0 Å². The Balaban J connectivity index is 1.95. The van der Waals surface area contributed by atoms with Gasteiger partial charge in [-0.3, -0.25) is 0 Å². The summed E-state index contributed by atoms with van der Waals surface area (Å²) in [6.07, 6.45) is 22.7. The second-order valence-corrected chi connectivity index (χ2v) is 6.59. The minimum Gasteiger partial charge on any atom is -0.0882 e. The lowest BCUT2D eigenvalue weighted by Gasteiger charge is -2.36. The number of allylic oxidation sites excluding steroid dienone is 2. The summed E-state index contributed by atoms with van der Waals surface area (Å²) < 4.78 is 0. The zero-order chi connectivity index (χ0) is 12.6. The van der Waals surface area contributed by atoms with E-state index in [2.05, 4.69) is 19.1 Å². The van der Waals surface area contributed by atoms with Gasteiger partial charge in [-0.25, -0.2) is 0 Å². The molecule has 0 radical (unpaired) electrons. The largest absolute Gasteiger partial charge is 0.0882 e. The Morgan fingerprint density at radius 2 is 1.33 bits per heavy atom. The molecule has 0 nitrogen and oxygen atoms in total. The van der Waals surface area contributed by atoms with Crippen molar-refractivity contribution < 1.29 is 0 Å². The van der Waals surface area contributed by atoms with Gasteiger partial charge in [-0.1, -0.05) is 64.0 Å². The molecule has 0 aromatic rings. The van der Waals surface area contributed by atoms with Crippen molar-refractivity contribution in [3.8, 4) is 0 Å². The molecule has 0 aromatic carbocycles. The molecule has 0 saturated heterocycles. The van der Waals surface area contributed by atoms with Crippen LogP contribution in [0.1, 0.15) is 84.0 Å². The SMILES string of the molecule is CCCC=CC(C1CCCCC1)C1CCCCC1. The van der Waals surface area contributed by atoms with Crippen molar-refractivity contribution in [2.45, 2.75) is 84.0 Å². The zero-order valence-electron chi connectivity index (χ0n) is 12.4. The van der Waals surface area contributed by atoms with Gasteiger partial charge in [0.2, 0.25) is 0 Å². The third kappa shape index (κ3) is 4.14. The monoisotopic (exact) mass is 248 g/mol. The van der Waals surface area contributed by atoms with Crippen molar-refractivity contribution in [2.24, 2.45) is 17.8 Å². The Labute approximate surface area is 114 Å². The Hall–Kier alpha value is -0.260. The van der Waals surface area contributed by atoms with Crippen LogP contribution < -0.4 is 0 Å². The fourth-order valence-electron chi connectivity index (χ4n) is 4.16. The first-order valence-electron chi connectivity index (χ1n) is 8.58. The Bertz CT molecular complexity index is 210. The second-order valence-electron chi connectivity index (χ2n) is 6.59. The van der Waals surface area contributed by atoms with Crippen molar-refractivity contribution in [1.29, 1.82) is 0 Å². The molecule has 2 aliphatic rings. The molecule has 0 aliphatic heterocycles. The van der Waals surface area contributed by atoms with E-state index in [-0.39, 0.29) is 0 Å². The average molecular weight is 248 g/mol. The summed E-state index contributed by atoms with van der Waals surface area (Å²) in [5, 5.41) is 0. The van der Waals surface area contributed by atoms with Gasteiger partial charge >= 0.3 is 0 Å². The molecule has 18 heavy (non-hydrogen) atoms. The van der Waals surface area contributed by atoms with Crippen LogP contribution >= 0.6 is 0 Å². The maximum Gasteiger partial charge on any atom is -0.0177 e. The highest BCUT2D eigenvalue weighted by molar-refractivity contribution is 4.96. The zero-order valence-corrected chi connectivity index (χ0v) is 12.4. The topological polar surface area (TPSA) is 0 Å². The fraction of sp³-hybridized carbons (Fsp3) is 0.889. The smallest absolute Gasteiger partial charge is 0.0177 e. The third-order valence-corrected chi connectivity index (χ3v) is 5.20. The lowest BCUT2D eigenvalue weighted by Crippen LogP contribution is -2.25. The van der Waals surface area contributed by atoms with E-state index in [0.29, 0.717) is 0 Å². The van der Waals surface area contributed by atoms with Crippen LogP contribution in [0.2, 0.25) is 0 Å². The maximum absolute atomic E-state index is 2.63. The molecule has 2 fully saturated rings. The molecule has 0 bridgehead atoms. The van der Waals surface area contributed by atoms with Crippen LogP contribution in [0.4, 0.5) is 0 Å². The Morgan fingerprint density at radius 3 is 1.78 bits per heavy atom. The summed E-state index contributed by atoms with van der Waals surface area (Å²) in [7, 11) is 0. The number of hydrogen-bond acceptors (Lipinski definition) is 0. The summed E-state index contributed by atoms with van der Waals surface area (Å²) in [4.78, 5) is 0. The van der Waals surface area contributed by atoms with Gasteiger partial charge < -0.3 is 0 Å². The van der Waals surface area contributed by atoms with E-state index in [9.17, 15) is 0 Å².